The van der Waals surface area contributed by atoms with Crippen LogP contribution in [0.1, 0.15) is 18.4 Å². The maximum atomic E-state index is 5.94. The zero-order valence-electron chi connectivity index (χ0n) is 9.37. The van der Waals surface area contributed by atoms with E-state index in [0.717, 1.165) is 22.4 Å². The van der Waals surface area contributed by atoms with Gasteiger partial charge >= 0.3 is 0 Å². The van der Waals surface area contributed by atoms with Gasteiger partial charge in [0.05, 0.1) is 5.52 Å². The fourth-order valence-electron chi connectivity index (χ4n) is 1.70. The van der Waals surface area contributed by atoms with E-state index in [2.05, 4.69) is 9.97 Å². The molecule has 16 heavy (non-hydrogen) atoms. The molecule has 84 valence electrons. The molecule has 1 unspecified atom stereocenters. The highest BCUT2D eigenvalue weighted by molar-refractivity contribution is 6.31. The van der Waals surface area contributed by atoms with Crippen LogP contribution in [0.2, 0.25) is 5.02 Å². The van der Waals surface area contributed by atoms with E-state index in [1.54, 1.807) is 0 Å². The second-order valence-electron chi connectivity index (χ2n) is 4.07. The molecule has 0 spiro atoms. The third-order valence-corrected chi connectivity index (χ3v) is 2.64. The standard InChI is InChI=1S/C12H14ClN3/c1-7(14)5-12-15-8(2)10-4-3-9(13)6-11(10)16-12/h3-4,6-7H,5,14H2,1-2H3. The smallest absolute Gasteiger partial charge is 0.130 e. The van der Waals surface area contributed by atoms with Gasteiger partial charge in [0.15, 0.2) is 0 Å². The van der Waals surface area contributed by atoms with E-state index in [4.69, 9.17) is 17.3 Å². The van der Waals surface area contributed by atoms with E-state index >= 15 is 0 Å². The lowest BCUT2D eigenvalue weighted by atomic mass is 10.1. The molecule has 2 rings (SSSR count). The highest BCUT2D eigenvalue weighted by atomic mass is 35.5. The van der Waals surface area contributed by atoms with Crippen molar-refractivity contribution >= 4 is 22.5 Å². The quantitative estimate of drug-likeness (QED) is 0.870. The SMILES string of the molecule is Cc1nc(CC(C)N)nc2cc(Cl)ccc12. The van der Waals surface area contributed by atoms with E-state index < -0.39 is 0 Å². The van der Waals surface area contributed by atoms with Crippen molar-refractivity contribution in [2.24, 2.45) is 5.73 Å². The number of rotatable bonds is 2. The van der Waals surface area contributed by atoms with Crippen LogP contribution >= 0.6 is 11.6 Å². The Morgan fingerprint density at radius 1 is 1.38 bits per heavy atom. The Hall–Kier alpha value is -1.19. The Kier molecular flexibility index (Phi) is 3.08. The first-order valence-corrected chi connectivity index (χ1v) is 5.62. The Bertz CT molecular complexity index is 523. The lowest BCUT2D eigenvalue weighted by Crippen LogP contribution is -2.19. The molecule has 1 aromatic carbocycles. The van der Waals surface area contributed by atoms with Crippen molar-refractivity contribution in [2.45, 2.75) is 26.3 Å². The van der Waals surface area contributed by atoms with Crippen molar-refractivity contribution in [3.63, 3.8) is 0 Å². The maximum Gasteiger partial charge on any atom is 0.130 e. The van der Waals surface area contributed by atoms with Gasteiger partial charge in [0, 0.05) is 28.6 Å². The third-order valence-electron chi connectivity index (χ3n) is 2.40. The Balaban J connectivity index is 2.56. The van der Waals surface area contributed by atoms with Crippen LogP contribution in [0.25, 0.3) is 10.9 Å². The van der Waals surface area contributed by atoms with Crippen LogP contribution in [-0.2, 0) is 6.42 Å². The molecule has 2 N–H and O–H groups in total. The molecule has 1 heterocycles. The zero-order valence-corrected chi connectivity index (χ0v) is 10.1. The van der Waals surface area contributed by atoms with Gasteiger partial charge in [-0.2, -0.15) is 0 Å². The van der Waals surface area contributed by atoms with Gasteiger partial charge in [-0.3, -0.25) is 0 Å². The van der Waals surface area contributed by atoms with Gasteiger partial charge in [-0.15, -0.1) is 0 Å². The summed E-state index contributed by atoms with van der Waals surface area (Å²) < 4.78 is 0. The summed E-state index contributed by atoms with van der Waals surface area (Å²) in [5.74, 6) is 0.780. The van der Waals surface area contributed by atoms with Crippen molar-refractivity contribution < 1.29 is 0 Å². The number of benzene rings is 1. The van der Waals surface area contributed by atoms with Gasteiger partial charge in [-0.1, -0.05) is 11.6 Å². The van der Waals surface area contributed by atoms with Crippen LogP contribution in [-0.4, -0.2) is 16.0 Å². The number of aromatic nitrogens is 2. The third kappa shape index (κ3) is 2.31. The summed E-state index contributed by atoms with van der Waals surface area (Å²) in [6, 6.07) is 5.72. The normalized spacial score (nSPS) is 13.0. The molecule has 0 amide bonds. The topological polar surface area (TPSA) is 51.8 Å². The highest BCUT2D eigenvalue weighted by Crippen LogP contribution is 2.20. The first kappa shape index (κ1) is 11.3. The molecule has 0 aliphatic carbocycles. The highest BCUT2D eigenvalue weighted by Gasteiger charge is 2.06. The molecule has 1 aromatic heterocycles. The molecule has 0 saturated heterocycles. The first-order valence-electron chi connectivity index (χ1n) is 5.24. The van der Waals surface area contributed by atoms with Crippen LogP contribution < -0.4 is 5.73 Å². The summed E-state index contributed by atoms with van der Waals surface area (Å²) in [4.78, 5) is 8.90. The van der Waals surface area contributed by atoms with Crippen LogP contribution in [0.4, 0.5) is 0 Å². The van der Waals surface area contributed by atoms with Crippen LogP contribution in [0.5, 0.6) is 0 Å². The second kappa shape index (κ2) is 4.36. The number of nitrogens with zero attached hydrogens (tertiary/aromatic N) is 2. The molecule has 4 heteroatoms. The summed E-state index contributed by atoms with van der Waals surface area (Å²) in [7, 11) is 0. The zero-order chi connectivity index (χ0) is 11.7. The number of fused-ring (bicyclic) bond motifs is 1. The number of aryl methyl sites for hydroxylation is 1. The summed E-state index contributed by atoms with van der Waals surface area (Å²) in [6.07, 6.45) is 0.684. The summed E-state index contributed by atoms with van der Waals surface area (Å²) in [6.45, 7) is 3.92. The number of hydrogen-bond acceptors (Lipinski definition) is 3. The molecular weight excluding hydrogens is 222 g/mol. The van der Waals surface area contributed by atoms with Gasteiger partial charge in [-0.25, -0.2) is 9.97 Å². The predicted molar refractivity (Wildman–Crippen MR) is 66.6 cm³/mol. The van der Waals surface area contributed by atoms with Crippen molar-refractivity contribution in [2.75, 3.05) is 0 Å². The Morgan fingerprint density at radius 2 is 2.12 bits per heavy atom. The maximum absolute atomic E-state index is 5.94. The van der Waals surface area contributed by atoms with E-state index in [0.29, 0.717) is 11.4 Å². The predicted octanol–water partition coefficient (Wildman–Crippen LogP) is 2.48. The van der Waals surface area contributed by atoms with E-state index in [1.165, 1.54) is 0 Å². The molecule has 3 nitrogen and oxygen atoms in total. The summed E-state index contributed by atoms with van der Waals surface area (Å²) in [5.41, 5.74) is 7.60. The van der Waals surface area contributed by atoms with Crippen molar-refractivity contribution in [3.8, 4) is 0 Å². The fourth-order valence-corrected chi connectivity index (χ4v) is 1.87. The minimum atomic E-state index is 0.0658. The van der Waals surface area contributed by atoms with Gasteiger partial charge < -0.3 is 5.73 Å². The van der Waals surface area contributed by atoms with Crippen molar-refractivity contribution in [1.82, 2.24) is 9.97 Å². The van der Waals surface area contributed by atoms with Gasteiger partial charge in [0.1, 0.15) is 5.82 Å². The van der Waals surface area contributed by atoms with Gasteiger partial charge in [0.25, 0.3) is 0 Å². The lowest BCUT2D eigenvalue weighted by molar-refractivity contribution is 0.703. The molecule has 0 saturated carbocycles. The lowest BCUT2D eigenvalue weighted by Gasteiger charge is -2.07. The summed E-state index contributed by atoms with van der Waals surface area (Å²) >= 11 is 5.94. The molecule has 0 fully saturated rings. The average molecular weight is 236 g/mol. The number of halogens is 1. The Labute approximate surface area is 99.7 Å². The van der Waals surface area contributed by atoms with E-state index in [9.17, 15) is 0 Å². The molecule has 2 aromatic rings. The second-order valence-corrected chi connectivity index (χ2v) is 4.50. The molecule has 0 radical (unpaired) electrons. The fraction of sp³-hybridized carbons (Fsp3) is 0.333. The van der Waals surface area contributed by atoms with E-state index in [1.807, 2.05) is 32.0 Å². The molecule has 0 aliphatic rings. The molecule has 0 bridgehead atoms. The van der Waals surface area contributed by atoms with Crippen LogP contribution in [0.15, 0.2) is 18.2 Å². The van der Waals surface area contributed by atoms with Gasteiger partial charge in [0.2, 0.25) is 0 Å². The molecular formula is C12H14ClN3. The Morgan fingerprint density at radius 3 is 2.81 bits per heavy atom. The number of hydrogen-bond donors (Lipinski definition) is 1. The van der Waals surface area contributed by atoms with Crippen LogP contribution in [0, 0.1) is 6.92 Å². The summed E-state index contributed by atoms with van der Waals surface area (Å²) in [5, 5.41) is 1.73. The van der Waals surface area contributed by atoms with Crippen molar-refractivity contribution in [1.29, 1.82) is 0 Å². The van der Waals surface area contributed by atoms with Gasteiger partial charge in [-0.05, 0) is 32.0 Å². The van der Waals surface area contributed by atoms with Crippen molar-refractivity contribution in [3.05, 3.63) is 34.7 Å². The minimum Gasteiger partial charge on any atom is -0.328 e. The monoisotopic (exact) mass is 235 g/mol. The first-order chi connectivity index (χ1) is 7.56. The molecule has 0 aliphatic heterocycles. The molecule has 1 atom stereocenters. The average Bonchev–Trinajstić information content (AvgIpc) is 2.15. The largest absolute Gasteiger partial charge is 0.328 e. The number of nitrogens with two attached hydrogens (primary N) is 1. The van der Waals surface area contributed by atoms with Crippen LogP contribution in [0.3, 0.4) is 0 Å². The minimum absolute atomic E-state index is 0.0658. The van der Waals surface area contributed by atoms with E-state index in [-0.39, 0.29) is 6.04 Å².